The highest BCUT2D eigenvalue weighted by atomic mass is 32.2. The molecule has 158 valence electrons. The van der Waals surface area contributed by atoms with Gasteiger partial charge in [-0.3, -0.25) is 4.90 Å². The van der Waals surface area contributed by atoms with Gasteiger partial charge in [0.1, 0.15) is 16.4 Å². The first kappa shape index (κ1) is 20.7. The van der Waals surface area contributed by atoms with Crippen LogP contribution >= 0.6 is 0 Å². The van der Waals surface area contributed by atoms with Crippen molar-refractivity contribution in [3.63, 3.8) is 0 Å². The monoisotopic (exact) mass is 426 g/mol. The van der Waals surface area contributed by atoms with E-state index in [4.69, 9.17) is 9.15 Å². The third-order valence-electron chi connectivity index (χ3n) is 5.55. The van der Waals surface area contributed by atoms with Crippen molar-refractivity contribution in [2.75, 3.05) is 20.2 Å². The standard InChI is InChI=1S/C23H26N2O4S/c1-17-9-10-22(28-2)23(14-17)30(26,27)24-15-20(21-8-5-13-29-21)25-12-11-18-6-3-4-7-19(18)16-25/h3-10,13-14,20,24H,11-12,15-16H2,1-2H3/t20-/m1/s1. The second kappa shape index (κ2) is 8.63. The maximum atomic E-state index is 13.1. The van der Waals surface area contributed by atoms with Gasteiger partial charge in [-0.25, -0.2) is 13.1 Å². The largest absolute Gasteiger partial charge is 0.495 e. The van der Waals surface area contributed by atoms with Gasteiger partial charge < -0.3 is 9.15 Å². The number of benzene rings is 2. The van der Waals surface area contributed by atoms with Gasteiger partial charge in [0.15, 0.2) is 0 Å². The van der Waals surface area contributed by atoms with Crippen LogP contribution in [0.25, 0.3) is 0 Å². The molecule has 0 amide bonds. The molecule has 0 fully saturated rings. The summed E-state index contributed by atoms with van der Waals surface area (Å²) in [6, 6.07) is 17.0. The third-order valence-corrected chi connectivity index (χ3v) is 6.99. The molecule has 0 saturated heterocycles. The topological polar surface area (TPSA) is 71.8 Å². The normalized spacial score (nSPS) is 15.5. The molecular formula is C23H26N2O4S. The Morgan fingerprint density at radius 3 is 2.67 bits per heavy atom. The number of methoxy groups -OCH3 is 1. The van der Waals surface area contributed by atoms with Crippen LogP contribution in [-0.4, -0.2) is 33.5 Å². The van der Waals surface area contributed by atoms with E-state index in [0.29, 0.717) is 5.75 Å². The summed E-state index contributed by atoms with van der Waals surface area (Å²) in [5, 5.41) is 0. The molecule has 30 heavy (non-hydrogen) atoms. The van der Waals surface area contributed by atoms with E-state index in [1.807, 2.05) is 31.2 Å². The number of ether oxygens (including phenoxy) is 1. The number of hydrogen-bond acceptors (Lipinski definition) is 5. The summed E-state index contributed by atoms with van der Waals surface area (Å²) >= 11 is 0. The molecule has 0 radical (unpaired) electrons. The van der Waals surface area contributed by atoms with Gasteiger partial charge in [-0.05, 0) is 54.3 Å². The molecule has 0 saturated carbocycles. The van der Waals surface area contributed by atoms with E-state index < -0.39 is 10.0 Å². The average molecular weight is 427 g/mol. The van der Waals surface area contributed by atoms with Gasteiger partial charge in [-0.15, -0.1) is 0 Å². The lowest BCUT2D eigenvalue weighted by molar-refractivity contribution is 0.160. The third kappa shape index (κ3) is 4.28. The average Bonchev–Trinajstić information content (AvgIpc) is 3.28. The minimum Gasteiger partial charge on any atom is -0.495 e. The molecule has 0 bridgehead atoms. The van der Waals surface area contributed by atoms with Crippen molar-refractivity contribution >= 4 is 10.0 Å². The molecule has 2 aromatic carbocycles. The van der Waals surface area contributed by atoms with Gasteiger partial charge in [0.2, 0.25) is 10.0 Å². The molecule has 4 rings (SSSR count). The molecule has 2 heterocycles. The molecule has 0 aliphatic carbocycles. The molecule has 6 nitrogen and oxygen atoms in total. The van der Waals surface area contributed by atoms with Crippen LogP contribution in [-0.2, 0) is 23.0 Å². The lowest BCUT2D eigenvalue weighted by atomic mass is 9.98. The number of rotatable bonds is 7. The first-order valence-corrected chi connectivity index (χ1v) is 11.4. The van der Waals surface area contributed by atoms with Crippen LogP contribution in [0.1, 0.15) is 28.5 Å². The minimum absolute atomic E-state index is 0.146. The summed E-state index contributed by atoms with van der Waals surface area (Å²) in [6.07, 6.45) is 2.55. The number of furan rings is 1. The fraction of sp³-hybridized carbons (Fsp3) is 0.304. The van der Waals surface area contributed by atoms with Gasteiger partial charge in [0.05, 0.1) is 19.4 Å². The van der Waals surface area contributed by atoms with Gasteiger partial charge in [0, 0.05) is 19.6 Å². The van der Waals surface area contributed by atoms with Crippen molar-refractivity contribution < 1.29 is 17.6 Å². The highest BCUT2D eigenvalue weighted by molar-refractivity contribution is 7.89. The fourth-order valence-electron chi connectivity index (χ4n) is 3.93. The lowest BCUT2D eigenvalue weighted by Crippen LogP contribution is -2.40. The van der Waals surface area contributed by atoms with Crippen molar-refractivity contribution in [2.24, 2.45) is 0 Å². The van der Waals surface area contributed by atoms with Gasteiger partial charge in [0.25, 0.3) is 0 Å². The van der Waals surface area contributed by atoms with Crippen molar-refractivity contribution in [1.82, 2.24) is 9.62 Å². The Kier molecular flexibility index (Phi) is 5.94. The second-order valence-electron chi connectivity index (χ2n) is 7.53. The zero-order chi connectivity index (χ0) is 21.1. The molecule has 1 aliphatic heterocycles. The maximum absolute atomic E-state index is 13.1. The number of fused-ring (bicyclic) bond motifs is 1. The number of nitrogens with zero attached hydrogens (tertiary/aromatic N) is 1. The Labute approximate surface area is 177 Å². The molecule has 1 N–H and O–H groups in total. The van der Waals surface area contributed by atoms with E-state index in [-0.39, 0.29) is 17.5 Å². The van der Waals surface area contributed by atoms with E-state index >= 15 is 0 Å². The summed E-state index contributed by atoms with van der Waals surface area (Å²) in [7, 11) is -2.28. The first-order chi connectivity index (χ1) is 14.5. The summed E-state index contributed by atoms with van der Waals surface area (Å²) in [6.45, 7) is 3.64. The van der Waals surface area contributed by atoms with E-state index in [9.17, 15) is 8.42 Å². The molecule has 0 spiro atoms. The van der Waals surface area contributed by atoms with E-state index in [1.54, 1.807) is 18.4 Å². The summed E-state index contributed by atoms with van der Waals surface area (Å²) < 4.78 is 39.9. The minimum atomic E-state index is -3.75. The van der Waals surface area contributed by atoms with Crippen molar-refractivity contribution in [1.29, 1.82) is 0 Å². The summed E-state index contributed by atoms with van der Waals surface area (Å²) in [5.74, 6) is 1.07. The zero-order valence-corrected chi connectivity index (χ0v) is 18.0. The number of nitrogens with one attached hydrogen (secondary N) is 1. The van der Waals surface area contributed by atoms with Crippen LogP contribution < -0.4 is 9.46 Å². The Balaban J connectivity index is 1.58. The molecule has 0 unspecified atom stereocenters. The summed E-state index contributed by atoms with van der Waals surface area (Å²) in [5.41, 5.74) is 3.46. The van der Waals surface area contributed by atoms with Gasteiger partial charge >= 0.3 is 0 Å². The van der Waals surface area contributed by atoms with E-state index in [1.165, 1.54) is 18.2 Å². The Bertz CT molecular complexity index is 1110. The number of hydrogen-bond donors (Lipinski definition) is 1. The quantitative estimate of drug-likeness (QED) is 0.624. The molecular weight excluding hydrogens is 400 g/mol. The molecule has 1 atom stereocenters. The Morgan fingerprint density at radius 2 is 1.93 bits per heavy atom. The van der Waals surface area contributed by atoms with Crippen LogP contribution in [0.5, 0.6) is 5.75 Å². The van der Waals surface area contributed by atoms with Crippen molar-refractivity contribution in [3.05, 3.63) is 83.3 Å². The van der Waals surface area contributed by atoms with Crippen LogP contribution in [0.4, 0.5) is 0 Å². The van der Waals surface area contributed by atoms with Crippen LogP contribution in [0.2, 0.25) is 0 Å². The Morgan fingerprint density at radius 1 is 1.13 bits per heavy atom. The second-order valence-corrected chi connectivity index (χ2v) is 9.26. The zero-order valence-electron chi connectivity index (χ0n) is 17.2. The predicted octanol–water partition coefficient (Wildman–Crippen LogP) is 3.67. The van der Waals surface area contributed by atoms with Crippen LogP contribution in [0, 0.1) is 6.92 Å². The smallest absolute Gasteiger partial charge is 0.244 e. The predicted molar refractivity (Wildman–Crippen MR) is 115 cm³/mol. The highest BCUT2D eigenvalue weighted by Crippen LogP contribution is 2.29. The van der Waals surface area contributed by atoms with E-state index in [2.05, 4.69) is 27.8 Å². The van der Waals surface area contributed by atoms with Crippen molar-refractivity contribution in [2.45, 2.75) is 30.8 Å². The number of sulfonamides is 1. The van der Waals surface area contributed by atoms with Crippen molar-refractivity contribution in [3.8, 4) is 5.75 Å². The van der Waals surface area contributed by atoms with Crippen LogP contribution in [0.3, 0.4) is 0 Å². The van der Waals surface area contributed by atoms with Gasteiger partial charge in [-0.1, -0.05) is 30.3 Å². The number of aryl methyl sites for hydroxylation is 1. The molecule has 7 heteroatoms. The van der Waals surface area contributed by atoms with Crippen LogP contribution in [0.15, 0.2) is 70.2 Å². The van der Waals surface area contributed by atoms with Gasteiger partial charge in [-0.2, -0.15) is 0 Å². The van der Waals surface area contributed by atoms with E-state index in [0.717, 1.165) is 30.8 Å². The SMILES string of the molecule is COc1ccc(C)cc1S(=O)(=O)NC[C@H](c1ccco1)N1CCc2ccccc2C1. The maximum Gasteiger partial charge on any atom is 0.244 e. The molecule has 1 aromatic heterocycles. The lowest BCUT2D eigenvalue weighted by Gasteiger charge is -2.34. The first-order valence-electron chi connectivity index (χ1n) is 9.96. The fourth-order valence-corrected chi connectivity index (χ4v) is 5.22. The Hall–Kier alpha value is -2.61. The highest BCUT2D eigenvalue weighted by Gasteiger charge is 2.29. The molecule has 3 aromatic rings. The summed E-state index contributed by atoms with van der Waals surface area (Å²) in [4.78, 5) is 2.41. The molecule has 1 aliphatic rings.